The van der Waals surface area contributed by atoms with Crippen LogP contribution < -0.4 is 5.32 Å². The van der Waals surface area contributed by atoms with Crippen LogP contribution in [-0.2, 0) is 16.1 Å². The molecule has 27 heavy (non-hydrogen) atoms. The van der Waals surface area contributed by atoms with Crippen molar-refractivity contribution in [1.82, 2.24) is 9.80 Å². The molecule has 1 aromatic carbocycles. The zero-order chi connectivity index (χ0) is 19.1. The molecule has 0 radical (unpaired) electrons. The summed E-state index contributed by atoms with van der Waals surface area (Å²) in [6, 6.07) is 7.54. The number of anilines is 1. The van der Waals surface area contributed by atoms with E-state index in [4.69, 9.17) is 4.42 Å². The van der Waals surface area contributed by atoms with Crippen molar-refractivity contribution in [3.63, 3.8) is 0 Å². The molecule has 138 valence electrons. The van der Waals surface area contributed by atoms with Gasteiger partial charge >= 0.3 is 0 Å². The molecule has 0 spiro atoms. The lowest BCUT2D eigenvalue weighted by Gasteiger charge is -2.32. The molecule has 4 amide bonds. The standard InChI is InChI=1S/C19H17N3O5/c1-21-15(23)8-7-14(18(21)25)22-17(24)12-5-2-6-13(16(12)19(22)26)20-10-11-4-3-9-27-11/h2-6,9,14,20H,7-8,10H2,1H3. The number of hydrogen-bond donors (Lipinski definition) is 1. The van der Waals surface area contributed by atoms with E-state index < -0.39 is 23.8 Å². The van der Waals surface area contributed by atoms with Crippen molar-refractivity contribution >= 4 is 29.3 Å². The van der Waals surface area contributed by atoms with Crippen molar-refractivity contribution in [2.24, 2.45) is 0 Å². The first kappa shape index (κ1) is 17.0. The van der Waals surface area contributed by atoms with Gasteiger partial charge in [0, 0.05) is 19.2 Å². The third-order valence-corrected chi connectivity index (χ3v) is 4.91. The van der Waals surface area contributed by atoms with E-state index in [1.165, 1.54) is 7.05 Å². The molecule has 1 unspecified atom stereocenters. The molecule has 2 aromatic rings. The Balaban J connectivity index is 1.63. The fourth-order valence-corrected chi connectivity index (χ4v) is 3.47. The second-order valence-electron chi connectivity index (χ2n) is 6.49. The Labute approximate surface area is 154 Å². The summed E-state index contributed by atoms with van der Waals surface area (Å²) in [5.74, 6) is -1.21. The molecular formula is C19H17N3O5. The molecule has 1 fully saturated rings. The van der Waals surface area contributed by atoms with Crippen molar-refractivity contribution < 1.29 is 23.6 Å². The predicted molar refractivity (Wildman–Crippen MR) is 93.8 cm³/mol. The number of furan rings is 1. The summed E-state index contributed by atoms with van der Waals surface area (Å²) < 4.78 is 5.27. The van der Waals surface area contributed by atoms with Gasteiger partial charge in [-0.25, -0.2) is 0 Å². The molecule has 0 bridgehead atoms. The Bertz CT molecular complexity index is 950. The van der Waals surface area contributed by atoms with E-state index in [-0.39, 0.29) is 29.9 Å². The fourth-order valence-electron chi connectivity index (χ4n) is 3.47. The third kappa shape index (κ3) is 2.69. The average Bonchev–Trinajstić information content (AvgIpc) is 3.27. The molecule has 3 heterocycles. The molecule has 8 heteroatoms. The summed E-state index contributed by atoms with van der Waals surface area (Å²) in [6.07, 6.45) is 1.81. The Morgan fingerprint density at radius 1 is 1.11 bits per heavy atom. The zero-order valence-electron chi connectivity index (χ0n) is 14.6. The van der Waals surface area contributed by atoms with Crippen LogP contribution in [0.3, 0.4) is 0 Å². The summed E-state index contributed by atoms with van der Waals surface area (Å²) >= 11 is 0. The van der Waals surface area contributed by atoms with Gasteiger partial charge < -0.3 is 9.73 Å². The number of hydrogen-bond acceptors (Lipinski definition) is 6. The van der Waals surface area contributed by atoms with Gasteiger partial charge in [-0.2, -0.15) is 0 Å². The van der Waals surface area contributed by atoms with Crippen LogP contribution in [0.1, 0.15) is 39.3 Å². The van der Waals surface area contributed by atoms with Crippen LogP contribution in [0.5, 0.6) is 0 Å². The molecule has 1 saturated heterocycles. The van der Waals surface area contributed by atoms with Crippen LogP contribution in [0.4, 0.5) is 5.69 Å². The van der Waals surface area contributed by atoms with Crippen molar-refractivity contribution in [2.75, 3.05) is 12.4 Å². The summed E-state index contributed by atoms with van der Waals surface area (Å²) in [7, 11) is 1.37. The molecule has 2 aliphatic rings. The van der Waals surface area contributed by atoms with Gasteiger partial charge in [0.25, 0.3) is 17.7 Å². The van der Waals surface area contributed by atoms with E-state index >= 15 is 0 Å². The molecule has 2 aliphatic heterocycles. The van der Waals surface area contributed by atoms with Gasteiger partial charge in [-0.1, -0.05) is 6.07 Å². The number of likely N-dealkylation sites (tertiary alicyclic amines) is 1. The minimum atomic E-state index is -0.960. The first-order valence-electron chi connectivity index (χ1n) is 8.56. The SMILES string of the molecule is CN1C(=O)CCC(N2C(=O)c3cccc(NCc4ccco4)c3C2=O)C1=O. The molecule has 1 atom stereocenters. The molecule has 4 rings (SSSR count). The minimum Gasteiger partial charge on any atom is -0.467 e. The lowest BCUT2D eigenvalue weighted by Crippen LogP contribution is -2.54. The maximum atomic E-state index is 13.0. The number of carbonyl (C=O) groups is 4. The normalized spacial score (nSPS) is 19.7. The number of piperidine rings is 1. The number of imide groups is 2. The maximum absolute atomic E-state index is 13.0. The van der Waals surface area contributed by atoms with E-state index in [2.05, 4.69) is 5.32 Å². The van der Waals surface area contributed by atoms with E-state index in [1.54, 1.807) is 36.6 Å². The fraction of sp³-hybridized carbons (Fsp3) is 0.263. The number of rotatable bonds is 4. The van der Waals surface area contributed by atoms with Crippen LogP contribution in [-0.4, -0.2) is 46.5 Å². The van der Waals surface area contributed by atoms with Crippen molar-refractivity contribution in [3.8, 4) is 0 Å². The molecule has 0 saturated carbocycles. The second-order valence-corrected chi connectivity index (χ2v) is 6.49. The second kappa shape index (κ2) is 6.39. The smallest absolute Gasteiger partial charge is 0.264 e. The highest BCUT2D eigenvalue weighted by Crippen LogP contribution is 2.33. The molecule has 1 aromatic heterocycles. The number of carbonyl (C=O) groups excluding carboxylic acids is 4. The van der Waals surface area contributed by atoms with Crippen LogP contribution in [0.15, 0.2) is 41.0 Å². The highest BCUT2D eigenvalue weighted by Gasteiger charge is 2.47. The molecule has 1 N–H and O–H groups in total. The third-order valence-electron chi connectivity index (χ3n) is 4.91. The van der Waals surface area contributed by atoms with Gasteiger partial charge in [-0.05, 0) is 30.7 Å². The summed E-state index contributed by atoms with van der Waals surface area (Å²) in [4.78, 5) is 52.0. The first-order chi connectivity index (χ1) is 13.0. The number of benzene rings is 1. The van der Waals surface area contributed by atoms with Crippen molar-refractivity contribution in [2.45, 2.75) is 25.4 Å². The maximum Gasteiger partial charge on any atom is 0.264 e. The first-order valence-corrected chi connectivity index (χ1v) is 8.56. The quantitative estimate of drug-likeness (QED) is 0.825. The highest BCUT2D eigenvalue weighted by molar-refractivity contribution is 6.25. The number of nitrogens with zero attached hydrogens (tertiary/aromatic N) is 2. The average molecular weight is 367 g/mol. The number of amides is 4. The Morgan fingerprint density at radius 3 is 2.67 bits per heavy atom. The monoisotopic (exact) mass is 367 g/mol. The largest absolute Gasteiger partial charge is 0.467 e. The van der Waals surface area contributed by atoms with Gasteiger partial charge in [0.05, 0.1) is 23.9 Å². The zero-order valence-corrected chi connectivity index (χ0v) is 14.6. The van der Waals surface area contributed by atoms with Crippen molar-refractivity contribution in [3.05, 3.63) is 53.5 Å². The van der Waals surface area contributed by atoms with Crippen LogP contribution in [0.25, 0.3) is 0 Å². The summed E-state index contributed by atoms with van der Waals surface area (Å²) in [5.41, 5.74) is 0.982. The summed E-state index contributed by atoms with van der Waals surface area (Å²) in [6.45, 7) is 0.352. The van der Waals surface area contributed by atoms with E-state index in [9.17, 15) is 19.2 Å². The van der Waals surface area contributed by atoms with Gasteiger partial charge in [0.2, 0.25) is 5.91 Å². The van der Waals surface area contributed by atoms with Gasteiger partial charge in [-0.15, -0.1) is 0 Å². The summed E-state index contributed by atoms with van der Waals surface area (Å²) in [5, 5.41) is 3.11. The lowest BCUT2D eigenvalue weighted by molar-refractivity contribution is -0.149. The van der Waals surface area contributed by atoms with Gasteiger partial charge in [-0.3, -0.25) is 29.0 Å². The van der Waals surface area contributed by atoms with Crippen LogP contribution >= 0.6 is 0 Å². The molecular weight excluding hydrogens is 350 g/mol. The Kier molecular flexibility index (Phi) is 4.02. The predicted octanol–water partition coefficient (Wildman–Crippen LogP) is 1.64. The number of fused-ring (bicyclic) bond motifs is 1. The van der Waals surface area contributed by atoms with E-state index in [0.29, 0.717) is 18.0 Å². The van der Waals surface area contributed by atoms with Crippen LogP contribution in [0, 0.1) is 0 Å². The Hall–Kier alpha value is -3.42. The van der Waals surface area contributed by atoms with Gasteiger partial charge in [0.15, 0.2) is 0 Å². The van der Waals surface area contributed by atoms with Crippen LogP contribution in [0.2, 0.25) is 0 Å². The minimum absolute atomic E-state index is 0.115. The molecule has 0 aliphatic carbocycles. The highest BCUT2D eigenvalue weighted by atomic mass is 16.3. The molecule has 8 nitrogen and oxygen atoms in total. The Morgan fingerprint density at radius 2 is 1.93 bits per heavy atom. The van der Waals surface area contributed by atoms with Gasteiger partial charge in [0.1, 0.15) is 11.8 Å². The number of nitrogens with one attached hydrogen (secondary N) is 1. The van der Waals surface area contributed by atoms with E-state index in [0.717, 1.165) is 9.80 Å². The van der Waals surface area contributed by atoms with Crippen molar-refractivity contribution in [1.29, 1.82) is 0 Å². The van der Waals surface area contributed by atoms with E-state index in [1.807, 2.05) is 0 Å². The lowest BCUT2D eigenvalue weighted by atomic mass is 10.0. The topological polar surface area (TPSA) is 99.9 Å². The number of likely N-dealkylation sites (N-methyl/N-ethyl adjacent to an activating group) is 1.